The SMILES string of the molecule is CCCCCCCCCCc1cc(=CN(O)C(C)(C)C)c2c(O)c(=O)c(=C3C=C(O)C(=O)C(O)=C3)oc2c1. The van der Waals surface area contributed by atoms with E-state index in [1.54, 1.807) is 6.07 Å². The van der Waals surface area contributed by atoms with E-state index in [2.05, 4.69) is 6.92 Å². The third kappa shape index (κ3) is 6.86. The van der Waals surface area contributed by atoms with Crippen molar-refractivity contribution in [2.24, 2.45) is 0 Å². The molecule has 8 nitrogen and oxygen atoms in total. The molecule has 1 heterocycles. The van der Waals surface area contributed by atoms with Gasteiger partial charge in [0, 0.05) is 17.0 Å². The largest absolute Gasteiger partial charge is 0.504 e. The minimum absolute atomic E-state index is 0.0423. The normalized spacial score (nSPS) is 14.7. The molecular weight excluding hydrogens is 486 g/mol. The molecule has 1 aromatic heterocycles. The van der Waals surface area contributed by atoms with Gasteiger partial charge in [-0.2, -0.15) is 0 Å². The first-order chi connectivity index (χ1) is 17.9. The van der Waals surface area contributed by atoms with Crippen molar-refractivity contribution < 1.29 is 29.7 Å². The number of unbranched alkanes of at least 4 members (excludes halogenated alkanes) is 7. The lowest BCUT2D eigenvalue weighted by atomic mass is 10.0. The molecule has 0 unspecified atom stereocenters. The van der Waals surface area contributed by atoms with Gasteiger partial charge in [-0.05, 0) is 63.5 Å². The van der Waals surface area contributed by atoms with E-state index >= 15 is 0 Å². The van der Waals surface area contributed by atoms with Gasteiger partial charge in [0.15, 0.2) is 22.7 Å². The van der Waals surface area contributed by atoms with Crippen LogP contribution in [0.2, 0.25) is 0 Å². The van der Waals surface area contributed by atoms with Crippen LogP contribution in [0.4, 0.5) is 0 Å². The molecule has 1 aliphatic rings. The average Bonchev–Trinajstić information content (AvgIpc) is 2.85. The fourth-order valence-corrected chi connectivity index (χ4v) is 4.36. The van der Waals surface area contributed by atoms with E-state index in [4.69, 9.17) is 4.42 Å². The van der Waals surface area contributed by atoms with Crippen LogP contribution in [0.25, 0.3) is 22.7 Å². The van der Waals surface area contributed by atoms with Crippen LogP contribution in [0.15, 0.2) is 45.0 Å². The Balaban J connectivity index is 2.08. The molecule has 206 valence electrons. The zero-order chi connectivity index (χ0) is 28.0. The summed E-state index contributed by atoms with van der Waals surface area (Å²) in [6.45, 7) is 7.65. The van der Waals surface area contributed by atoms with Crippen LogP contribution in [0.5, 0.6) is 5.75 Å². The van der Waals surface area contributed by atoms with Crippen molar-refractivity contribution in [2.45, 2.75) is 91.0 Å². The van der Waals surface area contributed by atoms with Gasteiger partial charge in [-0.15, -0.1) is 0 Å². The number of fused-ring (bicyclic) bond motifs is 1. The Hall–Kier alpha value is -3.52. The van der Waals surface area contributed by atoms with Crippen molar-refractivity contribution in [1.82, 2.24) is 5.06 Å². The van der Waals surface area contributed by atoms with E-state index in [-0.39, 0.29) is 22.0 Å². The van der Waals surface area contributed by atoms with Crippen molar-refractivity contribution in [3.8, 4) is 5.75 Å². The number of carbonyl (C=O) groups is 1. The van der Waals surface area contributed by atoms with E-state index in [9.17, 15) is 30.1 Å². The zero-order valence-electron chi connectivity index (χ0n) is 22.7. The molecule has 0 atom stereocenters. The highest BCUT2D eigenvalue weighted by Crippen LogP contribution is 2.21. The fourth-order valence-electron chi connectivity index (χ4n) is 4.36. The van der Waals surface area contributed by atoms with E-state index < -0.39 is 34.0 Å². The molecule has 0 aliphatic heterocycles. The Morgan fingerprint density at radius 1 is 0.895 bits per heavy atom. The van der Waals surface area contributed by atoms with E-state index in [0.717, 1.165) is 48.5 Å². The van der Waals surface area contributed by atoms with Gasteiger partial charge in [0.2, 0.25) is 0 Å². The molecule has 0 bridgehead atoms. The van der Waals surface area contributed by atoms with Crippen LogP contribution < -0.4 is 16.1 Å². The molecule has 2 aromatic rings. The maximum atomic E-state index is 13.1. The summed E-state index contributed by atoms with van der Waals surface area (Å²) in [6, 6.07) is 3.58. The van der Waals surface area contributed by atoms with Crippen molar-refractivity contribution in [2.75, 3.05) is 0 Å². The lowest BCUT2D eigenvalue weighted by Crippen LogP contribution is -2.36. The summed E-state index contributed by atoms with van der Waals surface area (Å²) >= 11 is 0. The molecule has 1 aliphatic carbocycles. The number of aromatic hydroxyl groups is 1. The van der Waals surface area contributed by atoms with E-state index in [1.807, 2.05) is 26.8 Å². The summed E-state index contributed by atoms with van der Waals surface area (Å²) in [5.74, 6) is -3.06. The minimum Gasteiger partial charge on any atom is -0.504 e. The second-order valence-corrected chi connectivity index (χ2v) is 10.9. The van der Waals surface area contributed by atoms with Gasteiger partial charge >= 0.3 is 0 Å². The number of allylic oxidation sites excluding steroid dienone is 2. The number of aryl methyl sites for hydroxylation is 1. The Bertz CT molecular complexity index is 1400. The summed E-state index contributed by atoms with van der Waals surface area (Å²) < 4.78 is 5.92. The average molecular weight is 526 g/mol. The molecule has 3 rings (SSSR count). The number of ketones is 1. The molecule has 0 radical (unpaired) electrons. The lowest BCUT2D eigenvalue weighted by Gasteiger charge is -2.28. The summed E-state index contributed by atoms with van der Waals surface area (Å²) in [4.78, 5) is 24.8. The van der Waals surface area contributed by atoms with Crippen LogP contribution in [-0.2, 0) is 11.2 Å². The topological polar surface area (TPSA) is 131 Å². The molecule has 4 N–H and O–H groups in total. The van der Waals surface area contributed by atoms with Gasteiger partial charge in [0.1, 0.15) is 5.58 Å². The maximum Gasteiger partial charge on any atom is 0.263 e. The number of aliphatic hydroxyl groups excluding tert-OH is 2. The Kier molecular flexibility index (Phi) is 9.44. The standard InChI is InChI=1S/C30H39NO7/c1-5-6-7-8-9-10-11-12-13-19-14-21(18-31(37)30(2,3)4)25-24(15-19)38-29(28(36)27(25)35)20-16-22(32)26(34)23(33)17-20/h14-18,32-33,35,37H,5-13H2,1-4H3. The van der Waals surface area contributed by atoms with Crippen LogP contribution in [0.3, 0.4) is 0 Å². The minimum atomic E-state index is -0.971. The van der Waals surface area contributed by atoms with E-state index in [0.29, 0.717) is 5.22 Å². The summed E-state index contributed by atoms with van der Waals surface area (Å²) in [5.41, 5.74) is -0.770. The maximum absolute atomic E-state index is 13.1. The number of hydrogen-bond acceptors (Lipinski definition) is 8. The highest BCUT2D eigenvalue weighted by atomic mass is 16.5. The number of carbonyl (C=O) groups excluding carboxylic acids is 1. The predicted molar refractivity (Wildman–Crippen MR) is 147 cm³/mol. The monoisotopic (exact) mass is 525 g/mol. The van der Waals surface area contributed by atoms with Gasteiger partial charge < -0.3 is 19.7 Å². The van der Waals surface area contributed by atoms with Crippen molar-refractivity contribution in [3.63, 3.8) is 0 Å². The Morgan fingerprint density at radius 2 is 1.47 bits per heavy atom. The number of Topliss-reactive ketones (excluding diaryl/α,β-unsaturated/α-hetero) is 1. The second-order valence-electron chi connectivity index (χ2n) is 10.9. The molecule has 0 fully saturated rings. The predicted octanol–water partition coefficient (Wildman–Crippen LogP) is 5.03. The highest BCUT2D eigenvalue weighted by Gasteiger charge is 2.22. The first-order valence-electron chi connectivity index (χ1n) is 13.3. The van der Waals surface area contributed by atoms with Gasteiger partial charge in [-0.3, -0.25) is 19.9 Å². The van der Waals surface area contributed by atoms with Crippen molar-refractivity contribution >= 4 is 28.5 Å². The Morgan fingerprint density at radius 3 is 2.05 bits per heavy atom. The van der Waals surface area contributed by atoms with Gasteiger partial charge in [-0.1, -0.05) is 51.9 Å². The number of hydrogen-bond donors (Lipinski definition) is 4. The molecule has 0 spiro atoms. The summed E-state index contributed by atoms with van der Waals surface area (Å²) in [6.07, 6.45) is 13.6. The van der Waals surface area contributed by atoms with E-state index in [1.165, 1.54) is 38.3 Å². The second kappa shape index (κ2) is 12.3. The number of hydroxylamine groups is 2. The number of benzene rings is 1. The number of rotatable bonds is 10. The molecule has 8 heteroatoms. The van der Waals surface area contributed by atoms with Crippen LogP contribution in [0, 0.1) is 0 Å². The quantitative estimate of drug-likeness (QED) is 0.251. The lowest BCUT2D eigenvalue weighted by molar-refractivity contribution is -0.116. The molecule has 0 saturated carbocycles. The molecule has 1 aromatic carbocycles. The number of aliphatic hydroxyl groups is 2. The molecule has 0 saturated heterocycles. The van der Waals surface area contributed by atoms with Crippen LogP contribution in [-0.4, -0.2) is 36.9 Å². The molecule has 0 amide bonds. The molecule has 38 heavy (non-hydrogen) atoms. The fraction of sp³-hybridized carbons (Fsp3) is 0.467. The Labute approximate surface area is 222 Å². The number of nitrogens with zero attached hydrogens (tertiary/aromatic N) is 1. The van der Waals surface area contributed by atoms with Crippen molar-refractivity contribution in [1.29, 1.82) is 0 Å². The van der Waals surface area contributed by atoms with Gasteiger partial charge in [-0.25, -0.2) is 0 Å². The van der Waals surface area contributed by atoms with Crippen LogP contribution in [0.1, 0.15) is 84.6 Å². The van der Waals surface area contributed by atoms with Crippen LogP contribution >= 0.6 is 0 Å². The van der Waals surface area contributed by atoms with Gasteiger partial charge in [0.25, 0.3) is 11.2 Å². The van der Waals surface area contributed by atoms with Crippen molar-refractivity contribution in [3.05, 3.63) is 62.2 Å². The first-order valence-corrected chi connectivity index (χ1v) is 13.3. The highest BCUT2D eigenvalue weighted by molar-refractivity contribution is 6.09. The first kappa shape index (κ1) is 29.0. The third-order valence-corrected chi connectivity index (χ3v) is 6.64. The zero-order valence-corrected chi connectivity index (χ0v) is 22.7. The molecular formula is C30H39NO7. The summed E-state index contributed by atoms with van der Waals surface area (Å²) in [7, 11) is 0. The summed E-state index contributed by atoms with van der Waals surface area (Å²) in [5, 5.41) is 42.8. The third-order valence-electron chi connectivity index (χ3n) is 6.64. The van der Waals surface area contributed by atoms with Gasteiger partial charge in [0.05, 0.1) is 10.9 Å². The smallest absolute Gasteiger partial charge is 0.263 e.